The van der Waals surface area contributed by atoms with Crippen LogP contribution in [0, 0.1) is 12.3 Å². The van der Waals surface area contributed by atoms with Crippen molar-refractivity contribution in [1.82, 2.24) is 0 Å². The maximum Gasteiger partial charge on any atom is 0.141 e. The molecule has 2 N–H and O–H groups in total. The minimum atomic E-state index is 0.0209. The van der Waals surface area contributed by atoms with Gasteiger partial charge in [-0.05, 0) is 37.5 Å². The van der Waals surface area contributed by atoms with Crippen molar-refractivity contribution in [2.24, 2.45) is 5.73 Å². The first-order valence-corrected chi connectivity index (χ1v) is 6.60. The van der Waals surface area contributed by atoms with Crippen molar-refractivity contribution in [3.8, 4) is 18.1 Å². The normalized spacial score (nSPS) is 11.9. The van der Waals surface area contributed by atoms with E-state index in [0.717, 1.165) is 12.0 Å². The summed E-state index contributed by atoms with van der Waals surface area (Å²) in [5, 5.41) is 1.10. The number of nitrogens with two attached hydrogens (primary N) is 1. The van der Waals surface area contributed by atoms with Crippen LogP contribution >= 0.6 is 23.2 Å². The number of rotatable bonds is 6. The second kappa shape index (κ2) is 7.53. The van der Waals surface area contributed by atoms with Crippen LogP contribution < -0.4 is 10.5 Å². The second-order valence-electron chi connectivity index (χ2n) is 4.21. The Hall–Kier alpha value is -0.880. The van der Waals surface area contributed by atoms with Gasteiger partial charge in [0.15, 0.2) is 0 Å². The molecule has 0 fully saturated rings. The first kappa shape index (κ1) is 15.2. The Labute approximate surface area is 118 Å². The number of halogens is 2. The lowest BCUT2D eigenvalue weighted by molar-refractivity contribution is 0.309. The van der Waals surface area contributed by atoms with E-state index < -0.39 is 0 Å². The molecule has 0 saturated carbocycles. The fourth-order valence-corrected chi connectivity index (χ4v) is 2.21. The lowest BCUT2D eigenvalue weighted by atomic mass is 10.1. The number of terminal acetylenes is 1. The minimum Gasteiger partial charge on any atom is -0.492 e. The smallest absolute Gasteiger partial charge is 0.141 e. The van der Waals surface area contributed by atoms with Crippen LogP contribution in [0.3, 0.4) is 0 Å². The second-order valence-corrected chi connectivity index (χ2v) is 5.06. The highest BCUT2D eigenvalue weighted by atomic mass is 35.5. The van der Waals surface area contributed by atoms with Crippen LogP contribution in [-0.2, 0) is 6.42 Å². The molecule has 0 saturated heterocycles. The van der Waals surface area contributed by atoms with E-state index in [-0.39, 0.29) is 6.04 Å². The van der Waals surface area contributed by atoms with Crippen LogP contribution in [0.25, 0.3) is 0 Å². The van der Waals surface area contributed by atoms with Crippen molar-refractivity contribution in [3.05, 3.63) is 27.7 Å². The largest absolute Gasteiger partial charge is 0.492 e. The van der Waals surface area contributed by atoms with Gasteiger partial charge in [0.05, 0.1) is 11.6 Å². The van der Waals surface area contributed by atoms with Gasteiger partial charge in [-0.2, -0.15) is 0 Å². The monoisotopic (exact) mass is 285 g/mol. The van der Waals surface area contributed by atoms with Crippen LogP contribution in [0.2, 0.25) is 10.0 Å². The first-order valence-electron chi connectivity index (χ1n) is 5.84. The van der Waals surface area contributed by atoms with E-state index >= 15 is 0 Å². The van der Waals surface area contributed by atoms with Gasteiger partial charge < -0.3 is 10.5 Å². The Morgan fingerprint density at radius 2 is 2.17 bits per heavy atom. The highest BCUT2D eigenvalue weighted by Gasteiger charge is 2.12. The van der Waals surface area contributed by atoms with E-state index in [1.165, 1.54) is 0 Å². The van der Waals surface area contributed by atoms with Gasteiger partial charge in [0, 0.05) is 17.5 Å². The molecule has 1 unspecified atom stereocenters. The number of benzene rings is 1. The van der Waals surface area contributed by atoms with Gasteiger partial charge in [0.2, 0.25) is 0 Å². The standard InChI is InChI=1S/C14H17Cl2NO/c1-3-4-5-6-18-14-11(7-10(2)17)8-12(15)9-13(14)16/h1,8-10H,4-7,17H2,2H3. The summed E-state index contributed by atoms with van der Waals surface area (Å²) in [6.07, 6.45) is 7.35. The Kier molecular flexibility index (Phi) is 6.35. The molecular formula is C14H17Cl2NO. The Morgan fingerprint density at radius 3 is 2.78 bits per heavy atom. The molecule has 18 heavy (non-hydrogen) atoms. The van der Waals surface area contributed by atoms with Crippen molar-refractivity contribution in [1.29, 1.82) is 0 Å². The molecule has 0 radical (unpaired) electrons. The SMILES string of the molecule is C#CCCCOc1c(Cl)cc(Cl)cc1CC(C)N. The molecule has 0 aliphatic heterocycles. The van der Waals surface area contributed by atoms with Crippen LogP contribution in [0.5, 0.6) is 5.75 Å². The molecule has 1 atom stereocenters. The highest BCUT2D eigenvalue weighted by Crippen LogP contribution is 2.33. The van der Waals surface area contributed by atoms with E-state index in [2.05, 4.69) is 5.92 Å². The van der Waals surface area contributed by atoms with Crippen molar-refractivity contribution in [2.75, 3.05) is 6.61 Å². The summed E-state index contributed by atoms with van der Waals surface area (Å²) in [4.78, 5) is 0. The van der Waals surface area contributed by atoms with E-state index in [1.807, 2.05) is 13.0 Å². The van der Waals surface area contributed by atoms with E-state index in [9.17, 15) is 0 Å². The zero-order chi connectivity index (χ0) is 13.5. The molecule has 1 aromatic carbocycles. The molecule has 0 aromatic heterocycles. The number of hydrogen-bond acceptors (Lipinski definition) is 2. The van der Waals surface area contributed by atoms with Crippen LogP contribution in [0.15, 0.2) is 12.1 Å². The van der Waals surface area contributed by atoms with E-state index in [4.69, 9.17) is 40.1 Å². The zero-order valence-electron chi connectivity index (χ0n) is 10.4. The third-order valence-corrected chi connectivity index (χ3v) is 2.84. The Balaban J connectivity index is 2.83. The molecule has 0 spiro atoms. The third kappa shape index (κ3) is 4.78. The molecule has 4 heteroatoms. The summed E-state index contributed by atoms with van der Waals surface area (Å²) in [6.45, 7) is 2.47. The Bertz CT molecular complexity index is 438. The van der Waals surface area contributed by atoms with E-state index in [1.54, 1.807) is 6.07 Å². The molecule has 0 heterocycles. The van der Waals surface area contributed by atoms with Gasteiger partial charge >= 0.3 is 0 Å². The van der Waals surface area contributed by atoms with Crippen LogP contribution in [-0.4, -0.2) is 12.6 Å². The van der Waals surface area contributed by atoms with Crippen molar-refractivity contribution < 1.29 is 4.74 Å². The summed E-state index contributed by atoms with van der Waals surface area (Å²) in [7, 11) is 0. The highest BCUT2D eigenvalue weighted by molar-refractivity contribution is 6.35. The van der Waals surface area contributed by atoms with Gasteiger partial charge in [-0.25, -0.2) is 0 Å². The first-order chi connectivity index (χ1) is 8.54. The summed E-state index contributed by atoms with van der Waals surface area (Å²) in [5.41, 5.74) is 6.74. The van der Waals surface area contributed by atoms with Gasteiger partial charge in [-0.15, -0.1) is 12.3 Å². The van der Waals surface area contributed by atoms with Gasteiger partial charge in [-0.3, -0.25) is 0 Å². The number of unbranched alkanes of at least 4 members (excludes halogenated alkanes) is 1. The van der Waals surface area contributed by atoms with Gasteiger partial charge in [0.1, 0.15) is 5.75 Å². The average Bonchev–Trinajstić information content (AvgIpc) is 2.26. The molecule has 0 amide bonds. The topological polar surface area (TPSA) is 35.2 Å². The molecule has 0 aliphatic rings. The molecule has 2 nitrogen and oxygen atoms in total. The lowest BCUT2D eigenvalue weighted by Crippen LogP contribution is -2.18. The summed E-state index contributed by atoms with van der Waals surface area (Å²) in [5.74, 6) is 3.23. The van der Waals surface area contributed by atoms with E-state index in [0.29, 0.717) is 35.2 Å². The summed E-state index contributed by atoms with van der Waals surface area (Å²) < 4.78 is 5.68. The summed E-state index contributed by atoms with van der Waals surface area (Å²) >= 11 is 12.1. The van der Waals surface area contributed by atoms with Crippen molar-refractivity contribution >= 4 is 23.2 Å². The third-order valence-electron chi connectivity index (χ3n) is 2.34. The maximum absolute atomic E-state index is 6.14. The lowest BCUT2D eigenvalue weighted by Gasteiger charge is -2.15. The molecule has 98 valence electrons. The molecule has 1 rings (SSSR count). The number of ether oxygens (including phenoxy) is 1. The fraction of sp³-hybridized carbons (Fsp3) is 0.429. The minimum absolute atomic E-state index is 0.0209. The number of hydrogen-bond donors (Lipinski definition) is 1. The van der Waals surface area contributed by atoms with Crippen molar-refractivity contribution in [3.63, 3.8) is 0 Å². The molecular weight excluding hydrogens is 269 g/mol. The van der Waals surface area contributed by atoms with Crippen molar-refractivity contribution in [2.45, 2.75) is 32.2 Å². The average molecular weight is 286 g/mol. The maximum atomic E-state index is 6.14. The molecule has 0 aliphatic carbocycles. The van der Waals surface area contributed by atoms with Gasteiger partial charge in [-0.1, -0.05) is 23.2 Å². The predicted octanol–water partition coefficient (Wildman–Crippen LogP) is 3.68. The zero-order valence-corrected chi connectivity index (χ0v) is 11.9. The quantitative estimate of drug-likeness (QED) is 0.639. The molecule has 1 aromatic rings. The fourth-order valence-electron chi connectivity index (χ4n) is 1.62. The summed E-state index contributed by atoms with van der Waals surface area (Å²) in [6, 6.07) is 3.53. The van der Waals surface area contributed by atoms with Crippen LogP contribution in [0.1, 0.15) is 25.3 Å². The van der Waals surface area contributed by atoms with Crippen LogP contribution in [0.4, 0.5) is 0 Å². The molecule has 0 bridgehead atoms. The predicted molar refractivity (Wildman–Crippen MR) is 77.4 cm³/mol. The Morgan fingerprint density at radius 1 is 1.44 bits per heavy atom. The van der Waals surface area contributed by atoms with Gasteiger partial charge in [0.25, 0.3) is 0 Å².